The molecule has 110 valence electrons. The average Bonchev–Trinajstić information content (AvgIpc) is 2.86. The fourth-order valence-electron chi connectivity index (χ4n) is 3.65. The number of nitrogens with zero attached hydrogens (tertiary/aromatic N) is 1. The highest BCUT2D eigenvalue weighted by atomic mass is 19.2. The molecule has 21 heavy (non-hydrogen) atoms. The van der Waals surface area contributed by atoms with Crippen molar-refractivity contribution in [2.45, 2.75) is 25.8 Å². The van der Waals surface area contributed by atoms with Crippen molar-refractivity contribution in [1.29, 1.82) is 0 Å². The number of hydrogen-bond acceptors (Lipinski definition) is 2. The molecule has 2 fully saturated rings. The van der Waals surface area contributed by atoms with E-state index in [2.05, 4.69) is 15.3 Å². The molecule has 3 atom stereocenters. The Hall–Kier alpha value is -1.98. The lowest BCUT2D eigenvalue weighted by Gasteiger charge is -2.04. The number of aromatic nitrogens is 2. The van der Waals surface area contributed by atoms with Crippen LogP contribution in [0.5, 0.6) is 0 Å². The maximum absolute atomic E-state index is 13.6. The summed E-state index contributed by atoms with van der Waals surface area (Å²) in [5, 5.41) is 2.84. The number of hydrogen-bond donors (Lipinski definition) is 2. The number of benzene rings is 1. The van der Waals surface area contributed by atoms with E-state index >= 15 is 0 Å². The van der Waals surface area contributed by atoms with Crippen molar-refractivity contribution in [2.75, 3.05) is 0 Å². The lowest BCUT2D eigenvalue weighted by atomic mass is 10.1. The minimum absolute atomic E-state index is 0.0254. The minimum Gasteiger partial charge on any atom is -0.349 e. The van der Waals surface area contributed by atoms with Gasteiger partial charge in [0.15, 0.2) is 11.6 Å². The zero-order valence-electron chi connectivity index (χ0n) is 11.3. The SMILES string of the molecule is O=C(NCc1nc2c(F)c(F)ccc2[nH]1)C1[C@H]2CCC[C@@H]12. The van der Waals surface area contributed by atoms with Gasteiger partial charge in [-0.15, -0.1) is 0 Å². The van der Waals surface area contributed by atoms with Crippen molar-refractivity contribution in [3.8, 4) is 0 Å². The number of amides is 1. The van der Waals surface area contributed by atoms with Crippen LogP contribution in [0.2, 0.25) is 0 Å². The van der Waals surface area contributed by atoms with Gasteiger partial charge in [-0.05, 0) is 36.8 Å². The summed E-state index contributed by atoms with van der Waals surface area (Å²) in [6, 6.07) is 2.50. The van der Waals surface area contributed by atoms with Crippen LogP contribution in [0.25, 0.3) is 11.0 Å². The van der Waals surface area contributed by atoms with Crippen molar-refractivity contribution in [1.82, 2.24) is 15.3 Å². The molecule has 0 bridgehead atoms. The van der Waals surface area contributed by atoms with Gasteiger partial charge in [0.2, 0.25) is 5.91 Å². The Kier molecular flexibility index (Phi) is 2.74. The second kappa shape index (κ2) is 4.51. The highest BCUT2D eigenvalue weighted by Gasteiger charge is 2.56. The predicted octanol–water partition coefficient (Wildman–Crippen LogP) is 2.50. The quantitative estimate of drug-likeness (QED) is 0.913. The van der Waals surface area contributed by atoms with Crippen molar-refractivity contribution in [3.63, 3.8) is 0 Å². The van der Waals surface area contributed by atoms with Crippen LogP contribution >= 0.6 is 0 Å². The van der Waals surface area contributed by atoms with Crippen LogP contribution in [-0.4, -0.2) is 15.9 Å². The van der Waals surface area contributed by atoms with Gasteiger partial charge in [0.05, 0.1) is 12.1 Å². The molecule has 2 aliphatic carbocycles. The molecule has 2 aliphatic rings. The van der Waals surface area contributed by atoms with Crippen molar-refractivity contribution in [2.24, 2.45) is 17.8 Å². The Morgan fingerprint density at radius 1 is 1.33 bits per heavy atom. The highest BCUT2D eigenvalue weighted by Crippen LogP contribution is 2.57. The van der Waals surface area contributed by atoms with Crippen LogP contribution in [0.1, 0.15) is 25.1 Å². The summed E-state index contributed by atoms with van der Waals surface area (Å²) in [6.45, 7) is 0.213. The molecule has 2 aromatic rings. The maximum atomic E-state index is 13.6. The first-order valence-electron chi connectivity index (χ1n) is 7.25. The maximum Gasteiger partial charge on any atom is 0.224 e. The first-order chi connectivity index (χ1) is 10.1. The molecule has 6 heteroatoms. The largest absolute Gasteiger partial charge is 0.349 e. The number of H-pyrrole nitrogens is 1. The Labute approximate surface area is 119 Å². The lowest BCUT2D eigenvalue weighted by Crippen LogP contribution is -2.26. The van der Waals surface area contributed by atoms with Crippen LogP contribution < -0.4 is 5.32 Å². The third-order valence-electron chi connectivity index (χ3n) is 4.73. The first-order valence-corrected chi connectivity index (χ1v) is 7.25. The number of fused-ring (bicyclic) bond motifs is 2. The monoisotopic (exact) mass is 291 g/mol. The molecule has 0 aliphatic heterocycles. The molecule has 1 heterocycles. The van der Waals surface area contributed by atoms with Gasteiger partial charge in [0.25, 0.3) is 0 Å². The van der Waals surface area contributed by atoms with Gasteiger partial charge < -0.3 is 10.3 Å². The van der Waals surface area contributed by atoms with Crippen molar-refractivity contribution >= 4 is 16.9 Å². The number of rotatable bonds is 3. The molecular weight excluding hydrogens is 276 g/mol. The first kappa shape index (κ1) is 12.7. The molecule has 1 unspecified atom stereocenters. The molecule has 4 rings (SSSR count). The zero-order valence-corrected chi connectivity index (χ0v) is 11.3. The van der Waals surface area contributed by atoms with E-state index in [-0.39, 0.29) is 23.9 Å². The van der Waals surface area contributed by atoms with Gasteiger partial charge >= 0.3 is 0 Å². The summed E-state index contributed by atoms with van der Waals surface area (Å²) in [6.07, 6.45) is 3.53. The summed E-state index contributed by atoms with van der Waals surface area (Å²) in [5.41, 5.74) is 0.406. The summed E-state index contributed by atoms with van der Waals surface area (Å²) < 4.78 is 26.7. The zero-order chi connectivity index (χ0) is 14.6. The van der Waals surface area contributed by atoms with E-state index < -0.39 is 11.6 Å². The minimum atomic E-state index is -0.960. The summed E-state index contributed by atoms with van der Waals surface area (Å²) in [5.74, 6) is -0.115. The second-order valence-corrected chi connectivity index (χ2v) is 5.94. The van der Waals surface area contributed by atoms with Crippen LogP contribution in [0.3, 0.4) is 0 Å². The van der Waals surface area contributed by atoms with Crippen LogP contribution in [0, 0.1) is 29.4 Å². The lowest BCUT2D eigenvalue weighted by molar-refractivity contribution is -0.123. The van der Waals surface area contributed by atoms with E-state index in [0.29, 0.717) is 23.2 Å². The molecule has 1 aromatic carbocycles. The Morgan fingerprint density at radius 3 is 2.86 bits per heavy atom. The number of carbonyl (C=O) groups is 1. The van der Waals surface area contributed by atoms with E-state index in [1.54, 1.807) is 0 Å². The van der Waals surface area contributed by atoms with Gasteiger partial charge in [0, 0.05) is 5.92 Å². The molecular formula is C15H15F2N3O. The summed E-state index contributed by atoms with van der Waals surface area (Å²) in [7, 11) is 0. The number of imidazole rings is 1. The Balaban J connectivity index is 1.45. The molecule has 1 aromatic heterocycles. The van der Waals surface area contributed by atoms with Crippen LogP contribution in [0.4, 0.5) is 8.78 Å². The van der Waals surface area contributed by atoms with Crippen LogP contribution in [-0.2, 0) is 11.3 Å². The Bertz CT molecular complexity index is 717. The fourth-order valence-corrected chi connectivity index (χ4v) is 3.65. The summed E-state index contributed by atoms with van der Waals surface area (Å²) in [4.78, 5) is 18.9. The number of halogens is 2. The summed E-state index contributed by atoms with van der Waals surface area (Å²) >= 11 is 0. The second-order valence-electron chi connectivity index (χ2n) is 5.94. The van der Waals surface area contributed by atoms with E-state index in [1.165, 1.54) is 12.5 Å². The third-order valence-corrected chi connectivity index (χ3v) is 4.73. The molecule has 1 amide bonds. The average molecular weight is 291 g/mol. The van der Waals surface area contributed by atoms with E-state index in [9.17, 15) is 13.6 Å². The van der Waals surface area contributed by atoms with E-state index in [4.69, 9.17) is 0 Å². The molecule has 0 saturated heterocycles. The number of carbonyl (C=O) groups excluding carboxylic acids is 1. The topological polar surface area (TPSA) is 57.8 Å². The molecule has 0 spiro atoms. The van der Waals surface area contributed by atoms with Gasteiger partial charge in [0.1, 0.15) is 11.3 Å². The van der Waals surface area contributed by atoms with Crippen molar-refractivity contribution < 1.29 is 13.6 Å². The molecule has 2 N–H and O–H groups in total. The van der Waals surface area contributed by atoms with Crippen molar-refractivity contribution in [3.05, 3.63) is 29.6 Å². The normalized spacial score (nSPS) is 26.9. The molecule has 2 saturated carbocycles. The molecule has 4 nitrogen and oxygen atoms in total. The predicted molar refractivity (Wildman–Crippen MR) is 72.2 cm³/mol. The van der Waals surface area contributed by atoms with Gasteiger partial charge in [-0.2, -0.15) is 0 Å². The number of aromatic amines is 1. The van der Waals surface area contributed by atoms with Gasteiger partial charge in [-0.25, -0.2) is 13.8 Å². The van der Waals surface area contributed by atoms with E-state index in [0.717, 1.165) is 18.9 Å². The standard InChI is InChI=1S/C15H15F2N3O/c16-9-4-5-10-14(13(9)17)20-11(19-10)6-18-15(21)12-7-2-1-3-8(7)12/h4-5,7-8,12H,1-3,6H2,(H,18,21)(H,19,20)/t7-,8+,12?. The van der Waals surface area contributed by atoms with Gasteiger partial charge in [-0.1, -0.05) is 6.42 Å². The molecule has 0 radical (unpaired) electrons. The Morgan fingerprint density at radius 2 is 2.10 bits per heavy atom. The fraction of sp³-hybridized carbons (Fsp3) is 0.467. The smallest absolute Gasteiger partial charge is 0.224 e. The van der Waals surface area contributed by atoms with Gasteiger partial charge in [-0.3, -0.25) is 4.79 Å². The van der Waals surface area contributed by atoms with Crippen LogP contribution in [0.15, 0.2) is 12.1 Å². The third kappa shape index (κ3) is 2.01. The van der Waals surface area contributed by atoms with E-state index in [1.807, 2.05) is 0 Å². The number of nitrogens with one attached hydrogen (secondary N) is 2. The highest BCUT2D eigenvalue weighted by molar-refractivity contribution is 5.82.